The zero-order valence-electron chi connectivity index (χ0n) is 25.2. The lowest BCUT2D eigenvalue weighted by molar-refractivity contribution is -0.137. The molecule has 4 nitrogen and oxygen atoms in total. The molecule has 2 unspecified atom stereocenters. The first-order valence-corrected chi connectivity index (χ1v) is 14.7. The van der Waals surface area contributed by atoms with Gasteiger partial charge >= 0.3 is 11.9 Å². The molecule has 0 heterocycles. The van der Waals surface area contributed by atoms with Crippen LogP contribution in [0.2, 0.25) is 0 Å². The van der Waals surface area contributed by atoms with E-state index in [9.17, 15) is 9.59 Å². The van der Waals surface area contributed by atoms with Gasteiger partial charge < -0.3 is 9.47 Å². The largest absolute Gasteiger partial charge is 0.453 e. The number of esters is 2. The Balaban J connectivity index is 1.71. The smallest absolute Gasteiger partial charge is 0.338 e. The molecule has 4 heteroatoms. The molecule has 0 N–H and O–H groups in total. The SMILES string of the molecule is CC(C)(C)[C@]12c3ccccc3[C@](C(C)(C)C)(c3ccccc31)C(OC(=O)c1ccccc1)C2OC(=O)c1ccccc1. The Morgan fingerprint density at radius 2 is 0.738 bits per heavy atom. The van der Waals surface area contributed by atoms with Crippen LogP contribution in [0.15, 0.2) is 109 Å². The van der Waals surface area contributed by atoms with Crippen molar-refractivity contribution in [2.75, 3.05) is 0 Å². The Morgan fingerprint density at radius 1 is 0.476 bits per heavy atom. The molecule has 4 aromatic carbocycles. The van der Waals surface area contributed by atoms with Gasteiger partial charge in [-0.05, 0) is 57.3 Å². The quantitative estimate of drug-likeness (QED) is 0.237. The van der Waals surface area contributed by atoms with Gasteiger partial charge in [-0.1, -0.05) is 126 Å². The molecule has 0 aliphatic heterocycles. The van der Waals surface area contributed by atoms with Crippen molar-refractivity contribution in [3.8, 4) is 0 Å². The second-order valence-corrected chi connectivity index (χ2v) is 13.6. The van der Waals surface area contributed by atoms with E-state index in [-0.39, 0.29) is 0 Å². The Kier molecular flexibility index (Phi) is 6.45. The number of fused-ring (bicyclic) bond motifs is 1. The number of ether oxygens (including phenoxy) is 2. The van der Waals surface area contributed by atoms with E-state index >= 15 is 0 Å². The molecule has 0 spiro atoms. The van der Waals surface area contributed by atoms with Crippen LogP contribution in [0.1, 0.15) is 84.5 Å². The summed E-state index contributed by atoms with van der Waals surface area (Å²) in [5.41, 5.74) is 2.88. The van der Waals surface area contributed by atoms with Crippen molar-refractivity contribution in [2.45, 2.75) is 64.6 Å². The predicted molar refractivity (Wildman–Crippen MR) is 165 cm³/mol. The molecular weight excluding hydrogens is 520 g/mol. The standard InChI is InChI=1S/C38H38O4/c1-35(2,3)37-27-21-13-15-23-29(27)38(36(4,5)6,30-24-16-14-22-28(30)37)32(42-34(40)26-19-11-8-12-20-26)31(37)41-33(39)25-17-9-7-10-18-25/h7-24,31-32H,1-6H3/t31?,32?,37-,38+. The fourth-order valence-corrected chi connectivity index (χ4v) is 7.98. The third-order valence-electron chi connectivity index (χ3n) is 9.54. The van der Waals surface area contributed by atoms with Gasteiger partial charge in [-0.3, -0.25) is 0 Å². The van der Waals surface area contributed by atoms with E-state index in [1.165, 1.54) is 0 Å². The minimum Gasteiger partial charge on any atom is -0.453 e. The van der Waals surface area contributed by atoms with Gasteiger partial charge in [0.05, 0.1) is 22.0 Å². The molecular formula is C38H38O4. The van der Waals surface area contributed by atoms with Crippen LogP contribution in [0.3, 0.4) is 0 Å². The summed E-state index contributed by atoms with van der Waals surface area (Å²) in [6, 6.07) is 35.1. The third-order valence-corrected chi connectivity index (χ3v) is 9.54. The Bertz CT molecular complexity index is 1470. The fraction of sp³-hybridized carbons (Fsp3) is 0.316. The lowest BCUT2D eigenvalue weighted by Crippen LogP contribution is -2.74. The summed E-state index contributed by atoms with van der Waals surface area (Å²) in [6.07, 6.45) is -1.61. The first-order chi connectivity index (χ1) is 20.0. The van der Waals surface area contributed by atoms with Crippen molar-refractivity contribution in [3.05, 3.63) is 143 Å². The average Bonchev–Trinajstić information content (AvgIpc) is 2.97. The number of hydrogen-bond acceptors (Lipinski definition) is 4. The van der Waals surface area contributed by atoms with Crippen molar-refractivity contribution < 1.29 is 19.1 Å². The van der Waals surface area contributed by atoms with Gasteiger partial charge in [0.2, 0.25) is 0 Å². The molecule has 0 radical (unpaired) electrons. The van der Waals surface area contributed by atoms with E-state index in [0.717, 1.165) is 22.3 Å². The maximum atomic E-state index is 14.0. The number of benzene rings is 4. The molecule has 214 valence electrons. The maximum Gasteiger partial charge on any atom is 0.338 e. The zero-order chi connectivity index (χ0) is 29.9. The topological polar surface area (TPSA) is 52.6 Å². The summed E-state index contributed by atoms with van der Waals surface area (Å²) in [5.74, 6) is -0.867. The maximum absolute atomic E-state index is 14.0. The highest BCUT2D eigenvalue weighted by atomic mass is 16.6. The van der Waals surface area contributed by atoms with Gasteiger partial charge in [0, 0.05) is 0 Å². The van der Waals surface area contributed by atoms with Crippen molar-refractivity contribution in [2.24, 2.45) is 10.8 Å². The first-order valence-electron chi connectivity index (χ1n) is 14.7. The Labute approximate surface area is 248 Å². The summed E-state index contributed by atoms with van der Waals surface area (Å²) in [5, 5.41) is 0. The van der Waals surface area contributed by atoms with Gasteiger partial charge in [-0.2, -0.15) is 0 Å². The minimum atomic E-state index is -0.806. The van der Waals surface area contributed by atoms with Gasteiger partial charge in [-0.25, -0.2) is 9.59 Å². The molecule has 4 aromatic rings. The van der Waals surface area contributed by atoms with Crippen LogP contribution < -0.4 is 0 Å². The third kappa shape index (κ3) is 3.74. The molecule has 7 rings (SSSR count). The first kappa shape index (κ1) is 28.0. The van der Waals surface area contributed by atoms with Gasteiger partial charge in [-0.15, -0.1) is 0 Å². The molecule has 3 aliphatic carbocycles. The minimum absolute atomic E-state index is 0.434. The lowest BCUT2D eigenvalue weighted by atomic mass is 9.37. The number of hydrogen-bond donors (Lipinski definition) is 0. The number of carbonyl (C=O) groups is 2. The average molecular weight is 559 g/mol. The highest BCUT2D eigenvalue weighted by molar-refractivity contribution is 5.91. The summed E-state index contributed by atoms with van der Waals surface area (Å²) >= 11 is 0. The molecule has 0 saturated carbocycles. The van der Waals surface area contributed by atoms with Crippen molar-refractivity contribution in [3.63, 3.8) is 0 Å². The highest BCUT2D eigenvalue weighted by Gasteiger charge is 2.74. The highest BCUT2D eigenvalue weighted by Crippen LogP contribution is 2.70. The molecule has 2 atom stereocenters. The van der Waals surface area contributed by atoms with Crippen LogP contribution in [0.5, 0.6) is 0 Å². The molecule has 0 fully saturated rings. The lowest BCUT2D eigenvalue weighted by Gasteiger charge is -2.68. The molecule has 0 aromatic heterocycles. The van der Waals surface area contributed by atoms with E-state index in [0.29, 0.717) is 11.1 Å². The number of rotatable bonds is 4. The monoisotopic (exact) mass is 558 g/mol. The van der Waals surface area contributed by atoms with Crippen molar-refractivity contribution in [1.82, 2.24) is 0 Å². The fourth-order valence-electron chi connectivity index (χ4n) is 7.98. The molecule has 0 amide bonds. The van der Waals surface area contributed by atoms with Crippen LogP contribution in [-0.2, 0) is 20.3 Å². The van der Waals surface area contributed by atoms with Crippen LogP contribution >= 0.6 is 0 Å². The van der Waals surface area contributed by atoms with Crippen LogP contribution in [0.25, 0.3) is 0 Å². The zero-order valence-corrected chi connectivity index (χ0v) is 25.2. The van der Waals surface area contributed by atoms with Gasteiger partial charge in [0.25, 0.3) is 0 Å². The predicted octanol–water partition coefficient (Wildman–Crippen LogP) is 8.13. The summed E-state index contributed by atoms with van der Waals surface area (Å²) in [4.78, 5) is 28.0. The summed E-state index contributed by atoms with van der Waals surface area (Å²) in [7, 11) is 0. The van der Waals surface area contributed by atoms with Crippen LogP contribution in [0.4, 0.5) is 0 Å². The van der Waals surface area contributed by atoms with Crippen LogP contribution in [-0.4, -0.2) is 24.1 Å². The van der Waals surface area contributed by atoms with Gasteiger partial charge in [0.15, 0.2) is 12.2 Å². The molecule has 0 saturated heterocycles. The van der Waals surface area contributed by atoms with Crippen LogP contribution in [0, 0.1) is 10.8 Å². The summed E-state index contributed by atoms with van der Waals surface area (Å²) < 4.78 is 13.4. The Morgan fingerprint density at radius 3 is 1.00 bits per heavy atom. The van der Waals surface area contributed by atoms with E-state index in [1.807, 2.05) is 36.4 Å². The van der Waals surface area contributed by atoms with E-state index in [1.54, 1.807) is 24.3 Å². The van der Waals surface area contributed by atoms with Crippen molar-refractivity contribution in [1.29, 1.82) is 0 Å². The van der Waals surface area contributed by atoms with E-state index in [2.05, 4.69) is 90.1 Å². The summed E-state index contributed by atoms with van der Waals surface area (Å²) in [6.45, 7) is 13.1. The Hall–Kier alpha value is -4.18. The second-order valence-electron chi connectivity index (χ2n) is 13.6. The van der Waals surface area contributed by atoms with E-state index in [4.69, 9.17) is 9.47 Å². The van der Waals surface area contributed by atoms with E-state index < -0.39 is 45.8 Å². The number of carbonyl (C=O) groups excluding carboxylic acids is 2. The van der Waals surface area contributed by atoms with Crippen molar-refractivity contribution >= 4 is 11.9 Å². The molecule has 2 bridgehead atoms. The molecule has 3 aliphatic rings. The second kappa shape index (κ2) is 9.69. The normalized spacial score (nSPS) is 24.3. The van der Waals surface area contributed by atoms with Gasteiger partial charge in [0.1, 0.15) is 0 Å². The molecule has 42 heavy (non-hydrogen) atoms.